The van der Waals surface area contributed by atoms with E-state index in [1.807, 2.05) is 18.7 Å². The first-order valence-electron chi connectivity index (χ1n) is 9.43. The van der Waals surface area contributed by atoms with Crippen LogP contribution in [0.15, 0.2) is 4.52 Å². The van der Waals surface area contributed by atoms with Gasteiger partial charge in [0, 0.05) is 37.8 Å². The Morgan fingerprint density at radius 1 is 1.22 bits per heavy atom. The average molecular weight is 375 g/mol. The standard InChI is InChI=1S/C18H25N5O4/c1-11-15(12(2)27-20-11)8-21-5-13-3-4-14(7-21)23(6-13)17(25)10-22-9-16(24)19-18(22)26/h13-14H,3-10H2,1-2H3,(H,19,24,26)/t13-,14+/m1/s1. The van der Waals surface area contributed by atoms with Gasteiger partial charge in [-0.2, -0.15) is 0 Å². The first-order valence-corrected chi connectivity index (χ1v) is 9.43. The Labute approximate surface area is 157 Å². The van der Waals surface area contributed by atoms with Crippen molar-refractivity contribution in [2.24, 2.45) is 5.92 Å². The second-order valence-electron chi connectivity index (χ2n) is 7.85. The third-order valence-corrected chi connectivity index (χ3v) is 5.87. The van der Waals surface area contributed by atoms with E-state index in [1.54, 1.807) is 0 Å². The molecule has 4 aliphatic heterocycles. The molecule has 0 spiro atoms. The lowest BCUT2D eigenvalue weighted by molar-refractivity contribution is -0.135. The van der Waals surface area contributed by atoms with Crippen molar-refractivity contribution in [2.45, 2.75) is 39.3 Å². The molecule has 1 aromatic rings. The predicted molar refractivity (Wildman–Crippen MR) is 94.6 cm³/mol. The van der Waals surface area contributed by atoms with Gasteiger partial charge in [-0.25, -0.2) is 4.79 Å². The fourth-order valence-corrected chi connectivity index (χ4v) is 4.43. The minimum atomic E-state index is -0.478. The molecule has 1 N–H and O–H groups in total. The average Bonchev–Trinajstić information content (AvgIpc) is 2.96. The van der Waals surface area contributed by atoms with Crippen LogP contribution in [0.3, 0.4) is 0 Å². The van der Waals surface area contributed by atoms with Gasteiger partial charge in [0.15, 0.2) is 0 Å². The molecule has 2 atom stereocenters. The quantitative estimate of drug-likeness (QED) is 0.759. The number of piperidine rings is 1. The van der Waals surface area contributed by atoms with Crippen LogP contribution in [0.2, 0.25) is 0 Å². The highest BCUT2D eigenvalue weighted by molar-refractivity contribution is 6.03. The molecular weight excluding hydrogens is 350 g/mol. The summed E-state index contributed by atoms with van der Waals surface area (Å²) < 4.78 is 5.28. The molecule has 4 aliphatic rings. The first-order chi connectivity index (χ1) is 12.9. The third-order valence-electron chi connectivity index (χ3n) is 5.87. The molecule has 0 aliphatic carbocycles. The number of rotatable bonds is 4. The summed E-state index contributed by atoms with van der Waals surface area (Å²) in [6.45, 7) is 7.04. The maximum Gasteiger partial charge on any atom is 0.325 e. The summed E-state index contributed by atoms with van der Waals surface area (Å²) in [6, 6.07) is -0.341. The molecule has 4 amide bonds. The molecule has 0 saturated carbocycles. The highest BCUT2D eigenvalue weighted by atomic mass is 16.5. The predicted octanol–water partition coefficient (Wildman–Crippen LogP) is 0.266. The molecule has 4 fully saturated rings. The third kappa shape index (κ3) is 3.55. The van der Waals surface area contributed by atoms with Gasteiger partial charge >= 0.3 is 6.03 Å². The molecule has 9 heteroatoms. The summed E-state index contributed by atoms with van der Waals surface area (Å²) in [6.07, 6.45) is 2.08. The second-order valence-corrected chi connectivity index (χ2v) is 7.85. The molecule has 0 aromatic carbocycles. The van der Waals surface area contributed by atoms with Crippen LogP contribution in [0.1, 0.15) is 29.9 Å². The highest BCUT2D eigenvalue weighted by Gasteiger charge is 2.39. The summed E-state index contributed by atoms with van der Waals surface area (Å²) in [7, 11) is 0. The Bertz CT molecular complexity index is 756. The van der Waals surface area contributed by atoms with E-state index < -0.39 is 6.03 Å². The van der Waals surface area contributed by atoms with Crippen LogP contribution < -0.4 is 5.32 Å². The van der Waals surface area contributed by atoms with E-state index in [2.05, 4.69) is 15.4 Å². The van der Waals surface area contributed by atoms with Crippen LogP contribution in [0, 0.1) is 19.8 Å². The maximum absolute atomic E-state index is 12.8. The van der Waals surface area contributed by atoms with Crippen molar-refractivity contribution in [3.05, 3.63) is 17.0 Å². The van der Waals surface area contributed by atoms with Crippen molar-refractivity contribution < 1.29 is 18.9 Å². The highest BCUT2D eigenvalue weighted by Crippen LogP contribution is 2.29. The fraction of sp³-hybridized carbons (Fsp3) is 0.667. The molecule has 0 radical (unpaired) electrons. The molecule has 146 valence electrons. The molecule has 4 saturated heterocycles. The molecule has 5 heterocycles. The van der Waals surface area contributed by atoms with Crippen LogP contribution in [-0.4, -0.2) is 76.5 Å². The Balaban J connectivity index is 1.43. The summed E-state index contributed by atoms with van der Waals surface area (Å²) in [4.78, 5) is 41.5. The number of aromatic nitrogens is 1. The topological polar surface area (TPSA) is 99.0 Å². The normalized spacial score (nSPS) is 25.9. The zero-order chi connectivity index (χ0) is 19.1. The van der Waals surface area contributed by atoms with E-state index in [0.29, 0.717) is 12.5 Å². The summed E-state index contributed by atoms with van der Waals surface area (Å²) in [5, 5.41) is 6.25. The van der Waals surface area contributed by atoms with Crippen LogP contribution in [0.5, 0.6) is 0 Å². The van der Waals surface area contributed by atoms with Gasteiger partial charge in [-0.1, -0.05) is 5.16 Å². The van der Waals surface area contributed by atoms with Crippen LogP contribution in [0.4, 0.5) is 4.79 Å². The molecular formula is C18H25N5O4. The lowest BCUT2D eigenvalue weighted by atomic mass is 9.95. The first kappa shape index (κ1) is 18.0. The number of carbonyl (C=O) groups is 3. The minimum Gasteiger partial charge on any atom is -0.361 e. The Kier molecular flexibility index (Phi) is 4.63. The van der Waals surface area contributed by atoms with Crippen molar-refractivity contribution in [1.82, 2.24) is 25.2 Å². The van der Waals surface area contributed by atoms with E-state index in [9.17, 15) is 14.4 Å². The zero-order valence-electron chi connectivity index (χ0n) is 15.7. The molecule has 5 rings (SSSR count). The SMILES string of the molecule is Cc1noc(C)c1CN1C[C@H]2CC[C@@H](C1)N(C(=O)CN1CC(=O)NC1=O)C2. The molecule has 27 heavy (non-hydrogen) atoms. The van der Waals surface area contributed by atoms with Crippen molar-refractivity contribution in [2.75, 3.05) is 32.7 Å². The number of urea groups is 1. The second kappa shape index (κ2) is 6.95. The summed E-state index contributed by atoms with van der Waals surface area (Å²) in [5.74, 6) is 0.841. The van der Waals surface area contributed by atoms with Gasteiger partial charge in [0.05, 0.1) is 5.69 Å². The lowest BCUT2D eigenvalue weighted by Crippen LogP contribution is -2.51. The number of imide groups is 1. The number of fused-ring (bicyclic) bond motifs is 4. The number of nitrogens with zero attached hydrogens (tertiary/aromatic N) is 4. The van der Waals surface area contributed by atoms with E-state index in [0.717, 1.165) is 49.5 Å². The number of hydrogen-bond acceptors (Lipinski definition) is 6. The Hall–Kier alpha value is -2.42. The van der Waals surface area contributed by atoms with Gasteiger partial charge in [-0.3, -0.25) is 19.8 Å². The van der Waals surface area contributed by atoms with Gasteiger partial charge in [0.1, 0.15) is 18.8 Å². The van der Waals surface area contributed by atoms with Gasteiger partial charge in [0.25, 0.3) is 0 Å². The smallest absolute Gasteiger partial charge is 0.325 e. The molecule has 2 bridgehead atoms. The monoisotopic (exact) mass is 375 g/mol. The van der Waals surface area contributed by atoms with E-state index >= 15 is 0 Å². The minimum absolute atomic E-state index is 0.0370. The van der Waals surface area contributed by atoms with Gasteiger partial charge in [-0.15, -0.1) is 0 Å². The van der Waals surface area contributed by atoms with Gasteiger partial charge < -0.3 is 14.3 Å². The molecule has 9 nitrogen and oxygen atoms in total. The van der Waals surface area contributed by atoms with Crippen molar-refractivity contribution in [3.8, 4) is 0 Å². The molecule has 1 aromatic heterocycles. The number of nitrogens with one attached hydrogen (secondary N) is 1. The maximum atomic E-state index is 12.8. The van der Waals surface area contributed by atoms with Crippen LogP contribution in [0.25, 0.3) is 0 Å². The lowest BCUT2D eigenvalue weighted by Gasteiger charge is -2.37. The van der Waals surface area contributed by atoms with E-state index in [-0.39, 0.29) is 30.9 Å². The van der Waals surface area contributed by atoms with E-state index in [1.165, 1.54) is 4.90 Å². The summed E-state index contributed by atoms with van der Waals surface area (Å²) >= 11 is 0. The number of amides is 4. The summed E-state index contributed by atoms with van der Waals surface area (Å²) in [5.41, 5.74) is 2.04. The number of hydrogen-bond donors (Lipinski definition) is 1. The van der Waals surface area contributed by atoms with Crippen molar-refractivity contribution >= 4 is 17.8 Å². The number of carbonyl (C=O) groups excluding carboxylic acids is 3. The van der Waals surface area contributed by atoms with Crippen LogP contribution in [-0.2, 0) is 16.1 Å². The van der Waals surface area contributed by atoms with Crippen LogP contribution >= 0.6 is 0 Å². The molecule has 0 unspecified atom stereocenters. The van der Waals surface area contributed by atoms with Gasteiger partial charge in [-0.05, 0) is 32.6 Å². The fourth-order valence-electron chi connectivity index (χ4n) is 4.43. The number of aryl methyl sites for hydroxylation is 2. The van der Waals surface area contributed by atoms with Gasteiger partial charge in [0.2, 0.25) is 11.8 Å². The van der Waals surface area contributed by atoms with E-state index in [4.69, 9.17) is 4.52 Å². The largest absolute Gasteiger partial charge is 0.361 e. The zero-order valence-corrected chi connectivity index (χ0v) is 15.7. The Morgan fingerprint density at radius 2 is 2.04 bits per heavy atom. The van der Waals surface area contributed by atoms with Crippen molar-refractivity contribution in [3.63, 3.8) is 0 Å². The van der Waals surface area contributed by atoms with Crippen molar-refractivity contribution in [1.29, 1.82) is 0 Å². The Morgan fingerprint density at radius 3 is 2.70 bits per heavy atom.